The van der Waals surface area contributed by atoms with Gasteiger partial charge in [0.25, 0.3) is 0 Å². The summed E-state index contributed by atoms with van der Waals surface area (Å²) in [4.78, 5) is 36.4. The second kappa shape index (κ2) is 7.58. The van der Waals surface area contributed by atoms with Crippen molar-refractivity contribution in [2.24, 2.45) is 16.7 Å². The van der Waals surface area contributed by atoms with Gasteiger partial charge < -0.3 is 14.2 Å². The van der Waals surface area contributed by atoms with Crippen LogP contribution in [0.2, 0.25) is 0 Å². The first-order chi connectivity index (χ1) is 11.2. The van der Waals surface area contributed by atoms with Gasteiger partial charge in [0.15, 0.2) is 0 Å². The Balaban J connectivity index is 2.89. The highest BCUT2D eigenvalue weighted by atomic mass is 16.6. The van der Waals surface area contributed by atoms with Gasteiger partial charge in [-0.15, -0.1) is 0 Å². The van der Waals surface area contributed by atoms with Crippen LogP contribution in [0.1, 0.15) is 55.4 Å². The van der Waals surface area contributed by atoms with Crippen LogP contribution in [-0.4, -0.2) is 36.5 Å². The molecule has 0 unspecified atom stereocenters. The number of ketones is 1. The van der Waals surface area contributed by atoms with Crippen molar-refractivity contribution in [1.82, 2.24) is 0 Å². The SMILES string of the molecule is CC(C)[C@@H]1OC(COC(=O)C(C)(C)C)=CC(=O)[C@@H]1OC(=O)C(C)(C)C. The zero-order valence-corrected chi connectivity index (χ0v) is 16.5. The monoisotopic (exact) mass is 354 g/mol. The van der Waals surface area contributed by atoms with Crippen molar-refractivity contribution in [3.8, 4) is 0 Å². The van der Waals surface area contributed by atoms with Gasteiger partial charge in [0.1, 0.15) is 18.5 Å². The second-order valence-corrected chi connectivity index (χ2v) is 8.74. The summed E-state index contributed by atoms with van der Waals surface area (Å²) < 4.78 is 16.4. The molecule has 0 bridgehead atoms. The molecule has 0 aromatic heterocycles. The molecule has 1 rings (SSSR count). The van der Waals surface area contributed by atoms with Crippen molar-refractivity contribution in [2.45, 2.75) is 67.6 Å². The van der Waals surface area contributed by atoms with Crippen molar-refractivity contribution in [3.05, 3.63) is 11.8 Å². The summed E-state index contributed by atoms with van der Waals surface area (Å²) in [6.07, 6.45) is -0.365. The van der Waals surface area contributed by atoms with Gasteiger partial charge in [-0.1, -0.05) is 13.8 Å². The van der Waals surface area contributed by atoms with Gasteiger partial charge >= 0.3 is 11.9 Å². The number of ether oxygens (including phenoxy) is 3. The maximum atomic E-state index is 12.4. The van der Waals surface area contributed by atoms with Gasteiger partial charge in [0.05, 0.1) is 10.8 Å². The predicted molar refractivity (Wildman–Crippen MR) is 92.6 cm³/mol. The Bertz CT molecular complexity index is 559. The minimum atomic E-state index is -0.992. The maximum absolute atomic E-state index is 12.4. The quantitative estimate of drug-likeness (QED) is 0.722. The first-order valence-electron chi connectivity index (χ1n) is 8.53. The fourth-order valence-electron chi connectivity index (χ4n) is 2.01. The summed E-state index contributed by atoms with van der Waals surface area (Å²) in [6.45, 7) is 14.0. The fraction of sp³-hybridized carbons (Fsp3) is 0.737. The van der Waals surface area contributed by atoms with Gasteiger partial charge in [-0.2, -0.15) is 0 Å². The minimum absolute atomic E-state index is 0.0660. The molecule has 0 aliphatic carbocycles. The van der Waals surface area contributed by atoms with Crippen molar-refractivity contribution >= 4 is 17.7 Å². The van der Waals surface area contributed by atoms with E-state index in [1.807, 2.05) is 13.8 Å². The van der Waals surface area contributed by atoms with Crippen molar-refractivity contribution in [3.63, 3.8) is 0 Å². The molecular formula is C19H30O6. The van der Waals surface area contributed by atoms with Crippen molar-refractivity contribution in [1.29, 1.82) is 0 Å². The van der Waals surface area contributed by atoms with Crippen LogP contribution in [0.25, 0.3) is 0 Å². The van der Waals surface area contributed by atoms with E-state index in [4.69, 9.17) is 14.2 Å². The average Bonchev–Trinajstić information content (AvgIpc) is 2.44. The average molecular weight is 354 g/mol. The smallest absolute Gasteiger partial charge is 0.312 e. The van der Waals surface area contributed by atoms with Crippen LogP contribution in [0.3, 0.4) is 0 Å². The van der Waals surface area contributed by atoms with E-state index in [1.165, 1.54) is 6.08 Å². The summed E-state index contributed by atoms with van der Waals surface area (Å²) in [5.74, 6) is -1.000. The maximum Gasteiger partial charge on any atom is 0.312 e. The highest BCUT2D eigenvalue weighted by Gasteiger charge is 2.41. The van der Waals surface area contributed by atoms with Crippen molar-refractivity contribution < 1.29 is 28.6 Å². The minimum Gasteiger partial charge on any atom is -0.486 e. The third-order valence-corrected chi connectivity index (χ3v) is 3.63. The molecule has 0 amide bonds. The molecule has 6 heteroatoms. The Kier molecular flexibility index (Phi) is 6.43. The standard InChI is InChI=1S/C19H30O6/c1-11(2)14-15(25-17(22)19(6,7)8)13(20)9-12(24-14)10-23-16(21)18(3,4)5/h9,11,14-15H,10H2,1-8H3/t14-,15-/m0/s1. The Morgan fingerprint density at radius 2 is 1.60 bits per heavy atom. The number of carbonyl (C=O) groups is 3. The Morgan fingerprint density at radius 3 is 2.04 bits per heavy atom. The van der Waals surface area contributed by atoms with E-state index >= 15 is 0 Å². The molecular weight excluding hydrogens is 324 g/mol. The number of rotatable bonds is 4. The lowest BCUT2D eigenvalue weighted by molar-refractivity contribution is -0.173. The van der Waals surface area contributed by atoms with Crippen LogP contribution in [0, 0.1) is 16.7 Å². The highest BCUT2D eigenvalue weighted by Crippen LogP contribution is 2.27. The van der Waals surface area contributed by atoms with Gasteiger partial charge in [-0.3, -0.25) is 14.4 Å². The third kappa shape index (κ3) is 5.87. The molecule has 0 aromatic carbocycles. The van der Waals surface area contributed by atoms with Gasteiger partial charge in [-0.25, -0.2) is 0 Å². The molecule has 142 valence electrons. The van der Waals surface area contributed by atoms with E-state index < -0.39 is 29.0 Å². The summed E-state index contributed by atoms with van der Waals surface area (Å²) in [6, 6.07) is 0. The summed E-state index contributed by atoms with van der Waals surface area (Å²) in [7, 11) is 0. The molecule has 0 saturated heterocycles. The van der Waals surface area contributed by atoms with E-state index in [0.29, 0.717) is 0 Å². The van der Waals surface area contributed by atoms with E-state index in [1.54, 1.807) is 41.5 Å². The van der Waals surface area contributed by atoms with E-state index in [0.717, 1.165) is 0 Å². The molecule has 6 nitrogen and oxygen atoms in total. The first-order valence-corrected chi connectivity index (χ1v) is 8.53. The van der Waals surface area contributed by atoms with E-state index in [2.05, 4.69) is 0 Å². The zero-order chi connectivity index (χ0) is 19.6. The Labute approximate surface area is 149 Å². The molecule has 0 aromatic rings. The number of hydrogen-bond donors (Lipinski definition) is 0. The molecule has 0 fully saturated rings. The Hall–Kier alpha value is -1.85. The molecule has 1 aliphatic heterocycles. The zero-order valence-electron chi connectivity index (χ0n) is 16.5. The molecule has 0 radical (unpaired) electrons. The highest BCUT2D eigenvalue weighted by molar-refractivity contribution is 5.96. The molecule has 0 spiro atoms. The molecule has 1 aliphatic rings. The fourth-order valence-corrected chi connectivity index (χ4v) is 2.01. The number of esters is 2. The van der Waals surface area contributed by atoms with Crippen LogP contribution in [0.5, 0.6) is 0 Å². The van der Waals surface area contributed by atoms with Crippen molar-refractivity contribution in [2.75, 3.05) is 6.61 Å². The van der Waals surface area contributed by atoms with E-state index in [9.17, 15) is 14.4 Å². The lowest BCUT2D eigenvalue weighted by Gasteiger charge is -2.34. The number of carbonyl (C=O) groups excluding carboxylic acids is 3. The summed E-state index contributed by atoms with van der Waals surface area (Å²) in [5, 5.41) is 0. The molecule has 2 atom stereocenters. The molecule has 1 heterocycles. The third-order valence-electron chi connectivity index (χ3n) is 3.63. The summed E-state index contributed by atoms with van der Waals surface area (Å²) in [5.41, 5.74) is -1.35. The summed E-state index contributed by atoms with van der Waals surface area (Å²) >= 11 is 0. The van der Waals surface area contributed by atoms with Gasteiger partial charge in [0.2, 0.25) is 11.9 Å². The topological polar surface area (TPSA) is 78.9 Å². The van der Waals surface area contributed by atoms with Crippen LogP contribution in [0.15, 0.2) is 11.8 Å². The lowest BCUT2D eigenvalue weighted by Crippen LogP contribution is -2.47. The molecule has 0 N–H and O–H groups in total. The van der Waals surface area contributed by atoms with Gasteiger partial charge in [0, 0.05) is 6.08 Å². The van der Waals surface area contributed by atoms with Crippen LogP contribution in [-0.2, 0) is 28.6 Å². The molecule has 0 saturated carbocycles. The Morgan fingerprint density at radius 1 is 1.08 bits per heavy atom. The van der Waals surface area contributed by atoms with Gasteiger partial charge in [-0.05, 0) is 47.5 Å². The number of hydrogen-bond acceptors (Lipinski definition) is 6. The van der Waals surface area contributed by atoms with Crippen LogP contribution < -0.4 is 0 Å². The molecule has 25 heavy (non-hydrogen) atoms. The lowest BCUT2D eigenvalue weighted by atomic mass is 9.94. The first kappa shape index (κ1) is 21.2. The predicted octanol–water partition coefficient (Wildman–Crippen LogP) is 3.04. The largest absolute Gasteiger partial charge is 0.486 e. The van der Waals surface area contributed by atoms with Crippen LogP contribution in [0.4, 0.5) is 0 Å². The second-order valence-electron chi connectivity index (χ2n) is 8.74. The van der Waals surface area contributed by atoms with E-state index in [-0.39, 0.29) is 30.0 Å². The normalized spacial score (nSPS) is 21.5. The van der Waals surface area contributed by atoms with Crippen LogP contribution >= 0.6 is 0 Å².